The zero-order valence-corrected chi connectivity index (χ0v) is 15.9. The minimum atomic E-state index is -0.371. The molecule has 0 radical (unpaired) electrons. The first-order valence-electron chi connectivity index (χ1n) is 8.91. The van der Waals surface area contributed by atoms with Gasteiger partial charge in [0.15, 0.2) is 6.61 Å². The van der Waals surface area contributed by atoms with Crippen LogP contribution in [0.25, 0.3) is 0 Å². The number of hydrazone groups is 1. The molecule has 1 aromatic heterocycles. The van der Waals surface area contributed by atoms with E-state index in [1.165, 1.54) is 12.6 Å². The lowest BCUT2D eigenvalue weighted by Crippen LogP contribution is -2.31. The zero-order valence-electron chi connectivity index (χ0n) is 15.2. The van der Waals surface area contributed by atoms with E-state index in [0.717, 1.165) is 37.2 Å². The number of hydrogen-bond donors (Lipinski definition) is 1. The molecule has 0 aliphatic carbocycles. The predicted molar refractivity (Wildman–Crippen MR) is 106 cm³/mol. The minimum absolute atomic E-state index is 0.178. The van der Waals surface area contributed by atoms with E-state index in [-0.39, 0.29) is 12.5 Å². The number of anilines is 1. The van der Waals surface area contributed by atoms with Crippen molar-refractivity contribution in [3.05, 3.63) is 46.6 Å². The van der Waals surface area contributed by atoms with E-state index in [9.17, 15) is 4.79 Å². The lowest BCUT2D eigenvalue weighted by atomic mass is 10.1. The molecule has 1 saturated heterocycles. The summed E-state index contributed by atoms with van der Waals surface area (Å²) in [4.78, 5) is 23.0. The van der Waals surface area contributed by atoms with Crippen LogP contribution in [-0.2, 0) is 4.79 Å². The van der Waals surface area contributed by atoms with Gasteiger partial charge in [-0.15, -0.1) is 0 Å². The maximum atomic E-state index is 11.9. The summed E-state index contributed by atoms with van der Waals surface area (Å²) >= 11 is 5.90. The number of carbonyl (C=O) groups excluding carboxylic acids is 1. The Morgan fingerprint density at radius 1 is 1.30 bits per heavy atom. The van der Waals surface area contributed by atoms with Crippen LogP contribution in [0.4, 0.5) is 5.95 Å². The van der Waals surface area contributed by atoms with E-state index in [1.54, 1.807) is 18.2 Å². The average molecular weight is 388 g/mol. The Kier molecular flexibility index (Phi) is 6.59. The summed E-state index contributed by atoms with van der Waals surface area (Å²) in [6.45, 7) is 3.60. The molecule has 8 heteroatoms. The van der Waals surface area contributed by atoms with Crippen molar-refractivity contribution in [3.8, 4) is 5.88 Å². The van der Waals surface area contributed by atoms with Crippen molar-refractivity contribution in [1.29, 1.82) is 0 Å². The number of carbonyl (C=O) groups is 1. The molecule has 2 heterocycles. The van der Waals surface area contributed by atoms with Crippen LogP contribution in [0, 0.1) is 6.92 Å². The van der Waals surface area contributed by atoms with Crippen LogP contribution in [0.15, 0.2) is 35.4 Å². The highest BCUT2D eigenvalue weighted by Gasteiger charge is 2.15. The number of piperidine rings is 1. The Morgan fingerprint density at radius 2 is 2.11 bits per heavy atom. The Balaban J connectivity index is 1.53. The first-order valence-corrected chi connectivity index (χ1v) is 9.29. The van der Waals surface area contributed by atoms with Crippen LogP contribution in [0.2, 0.25) is 5.02 Å². The van der Waals surface area contributed by atoms with Crippen molar-refractivity contribution >= 4 is 29.7 Å². The van der Waals surface area contributed by atoms with Gasteiger partial charge in [-0.05, 0) is 43.9 Å². The van der Waals surface area contributed by atoms with Crippen molar-refractivity contribution < 1.29 is 9.53 Å². The molecule has 142 valence electrons. The second-order valence-corrected chi connectivity index (χ2v) is 6.77. The molecule has 0 saturated carbocycles. The number of amides is 1. The molecule has 0 atom stereocenters. The van der Waals surface area contributed by atoms with Crippen LogP contribution < -0.4 is 15.1 Å². The molecule has 0 unspecified atom stereocenters. The van der Waals surface area contributed by atoms with Gasteiger partial charge in [0.05, 0.1) is 6.21 Å². The third kappa shape index (κ3) is 5.92. The van der Waals surface area contributed by atoms with Gasteiger partial charge < -0.3 is 9.64 Å². The second-order valence-electron chi connectivity index (χ2n) is 6.33. The topological polar surface area (TPSA) is 79.7 Å². The van der Waals surface area contributed by atoms with Gasteiger partial charge in [0.2, 0.25) is 11.8 Å². The van der Waals surface area contributed by atoms with Crippen molar-refractivity contribution in [1.82, 2.24) is 15.4 Å². The van der Waals surface area contributed by atoms with Gasteiger partial charge in [0, 0.05) is 29.9 Å². The molecule has 0 spiro atoms. The maximum Gasteiger partial charge on any atom is 0.278 e. The number of nitrogens with one attached hydrogen (secondary N) is 1. The summed E-state index contributed by atoms with van der Waals surface area (Å²) in [6, 6.07) is 8.89. The van der Waals surface area contributed by atoms with Crippen molar-refractivity contribution in [2.75, 3.05) is 24.6 Å². The van der Waals surface area contributed by atoms with Gasteiger partial charge in [0.1, 0.15) is 0 Å². The van der Waals surface area contributed by atoms with Gasteiger partial charge in [-0.25, -0.2) is 10.4 Å². The van der Waals surface area contributed by atoms with Crippen LogP contribution in [0.1, 0.15) is 30.5 Å². The summed E-state index contributed by atoms with van der Waals surface area (Å²) in [6.07, 6.45) is 5.04. The van der Waals surface area contributed by atoms with Crippen molar-refractivity contribution in [3.63, 3.8) is 0 Å². The third-order valence-corrected chi connectivity index (χ3v) is 4.30. The Bertz CT molecular complexity index is 821. The van der Waals surface area contributed by atoms with Crippen LogP contribution >= 0.6 is 11.6 Å². The van der Waals surface area contributed by atoms with E-state index >= 15 is 0 Å². The highest BCUT2D eigenvalue weighted by atomic mass is 35.5. The number of ether oxygens (including phenoxy) is 1. The molecule has 1 fully saturated rings. The lowest BCUT2D eigenvalue weighted by Gasteiger charge is -2.26. The van der Waals surface area contributed by atoms with Gasteiger partial charge in [-0.1, -0.05) is 23.7 Å². The maximum absolute atomic E-state index is 11.9. The molecular weight excluding hydrogens is 366 g/mol. The number of nitrogens with zero attached hydrogens (tertiary/aromatic N) is 4. The molecule has 27 heavy (non-hydrogen) atoms. The van der Waals surface area contributed by atoms with Gasteiger partial charge in [0.25, 0.3) is 5.91 Å². The van der Waals surface area contributed by atoms with E-state index in [2.05, 4.69) is 25.4 Å². The van der Waals surface area contributed by atoms with Gasteiger partial charge >= 0.3 is 0 Å². The molecular formula is C19H22ClN5O2. The molecule has 7 nitrogen and oxygen atoms in total. The molecule has 1 amide bonds. The number of aryl methyl sites for hydroxylation is 1. The summed E-state index contributed by atoms with van der Waals surface area (Å²) < 4.78 is 5.52. The number of hydrogen-bond acceptors (Lipinski definition) is 6. The molecule has 1 aliphatic heterocycles. The van der Waals surface area contributed by atoms with Gasteiger partial charge in [-0.2, -0.15) is 10.1 Å². The number of halogens is 1. The molecule has 1 N–H and O–H groups in total. The third-order valence-electron chi connectivity index (χ3n) is 4.06. The van der Waals surface area contributed by atoms with Crippen molar-refractivity contribution in [2.24, 2.45) is 5.10 Å². The second kappa shape index (κ2) is 9.32. The minimum Gasteiger partial charge on any atom is -0.467 e. The Hall–Kier alpha value is -2.67. The first-order chi connectivity index (χ1) is 13.1. The van der Waals surface area contributed by atoms with E-state index in [0.29, 0.717) is 16.9 Å². The number of aromatic nitrogens is 2. The standard InChI is InChI=1S/C19H22ClN5O2/c1-14-10-18(23-19(22-14)25-8-3-2-4-9-25)27-13-17(26)24-21-12-15-6-5-7-16(20)11-15/h5-7,10-12H,2-4,8-9,13H2,1H3,(H,24,26). The fourth-order valence-corrected chi connectivity index (χ4v) is 2.97. The fraction of sp³-hybridized carbons (Fsp3) is 0.368. The lowest BCUT2D eigenvalue weighted by molar-refractivity contribution is -0.123. The normalized spacial score (nSPS) is 14.4. The highest BCUT2D eigenvalue weighted by molar-refractivity contribution is 6.30. The first kappa shape index (κ1) is 19.1. The summed E-state index contributed by atoms with van der Waals surface area (Å²) in [5, 5.41) is 4.51. The molecule has 3 rings (SSSR count). The smallest absolute Gasteiger partial charge is 0.278 e. The summed E-state index contributed by atoms with van der Waals surface area (Å²) in [5.74, 6) is 0.671. The molecule has 2 aromatic rings. The largest absolute Gasteiger partial charge is 0.467 e. The predicted octanol–water partition coefficient (Wildman–Crippen LogP) is 2.96. The van der Waals surface area contributed by atoms with Crippen LogP contribution in [0.3, 0.4) is 0 Å². The van der Waals surface area contributed by atoms with E-state index < -0.39 is 0 Å². The Morgan fingerprint density at radius 3 is 2.89 bits per heavy atom. The van der Waals surface area contributed by atoms with E-state index in [1.807, 2.05) is 19.1 Å². The van der Waals surface area contributed by atoms with E-state index in [4.69, 9.17) is 16.3 Å². The Labute approximate surface area is 163 Å². The monoisotopic (exact) mass is 387 g/mol. The fourth-order valence-electron chi connectivity index (χ4n) is 2.77. The molecule has 0 bridgehead atoms. The molecule has 1 aliphatic rings. The molecule has 1 aromatic carbocycles. The quantitative estimate of drug-likeness (QED) is 0.609. The SMILES string of the molecule is Cc1cc(OCC(=O)NN=Cc2cccc(Cl)c2)nc(N2CCCCC2)n1. The highest BCUT2D eigenvalue weighted by Crippen LogP contribution is 2.19. The average Bonchev–Trinajstić information content (AvgIpc) is 2.67. The van der Waals surface area contributed by atoms with Crippen LogP contribution in [-0.4, -0.2) is 41.8 Å². The number of rotatable bonds is 6. The van der Waals surface area contributed by atoms with Crippen molar-refractivity contribution in [2.45, 2.75) is 26.2 Å². The zero-order chi connectivity index (χ0) is 19.1. The summed E-state index contributed by atoms with van der Waals surface area (Å²) in [5.41, 5.74) is 4.02. The number of benzene rings is 1. The van der Waals surface area contributed by atoms with Crippen LogP contribution in [0.5, 0.6) is 5.88 Å². The summed E-state index contributed by atoms with van der Waals surface area (Å²) in [7, 11) is 0. The van der Waals surface area contributed by atoms with Gasteiger partial charge in [-0.3, -0.25) is 4.79 Å².